The van der Waals surface area contributed by atoms with Crippen molar-refractivity contribution in [3.8, 4) is 17.6 Å². The second kappa shape index (κ2) is 13.1. The highest BCUT2D eigenvalue weighted by Crippen LogP contribution is 2.36. The third-order valence-corrected chi connectivity index (χ3v) is 9.46. The largest absolute Gasteiger partial charge is 0.504 e. The lowest BCUT2D eigenvalue weighted by atomic mass is 9.94. The van der Waals surface area contributed by atoms with E-state index in [1.165, 1.54) is 17.4 Å². The fourth-order valence-electron chi connectivity index (χ4n) is 6.23. The molecule has 0 spiro atoms. The van der Waals surface area contributed by atoms with Crippen molar-refractivity contribution in [3.05, 3.63) is 156 Å². The summed E-state index contributed by atoms with van der Waals surface area (Å²) >= 11 is 1.25. The standard InChI is InChI=1S/C39H31N5O4S/c1-3-48-33-19-25(17-18-32(33)45)36-35(37(46)42-29-13-5-4-6-14-29)24(2)41-39-44(36)38(47)34(49-39)20-28-23-43(31-16-10-9-15-30(28)31)22-27-12-8-7-11-26(27)21-40/h4-20,23,36,45H,3,22H2,1-2H3,(H,42,46)/b34-20-/t36-/m1/s1. The number of nitrogens with one attached hydrogen (secondary N) is 1. The number of hydrogen-bond acceptors (Lipinski definition) is 7. The SMILES string of the molecule is CCOc1cc([C@@H]2C(C(=O)Nc3ccccc3)=C(C)N=c3s/c(=C\c4cn(Cc5ccccc5C#N)c5ccccc45)c(=O)n32)ccc1O. The summed E-state index contributed by atoms with van der Waals surface area (Å²) < 4.78 is 9.77. The highest BCUT2D eigenvalue weighted by Gasteiger charge is 2.33. The van der Waals surface area contributed by atoms with Gasteiger partial charge in [0.2, 0.25) is 0 Å². The maximum absolute atomic E-state index is 14.4. The van der Waals surface area contributed by atoms with Crippen LogP contribution in [0.15, 0.2) is 124 Å². The van der Waals surface area contributed by atoms with Crippen molar-refractivity contribution in [3.63, 3.8) is 0 Å². The molecule has 0 aliphatic carbocycles. The van der Waals surface area contributed by atoms with Crippen LogP contribution in [-0.2, 0) is 11.3 Å². The number of aromatic nitrogens is 2. The second-order valence-corrected chi connectivity index (χ2v) is 12.6. The first-order chi connectivity index (χ1) is 23.9. The Labute approximate surface area is 285 Å². The van der Waals surface area contributed by atoms with Gasteiger partial charge in [0, 0.05) is 34.9 Å². The van der Waals surface area contributed by atoms with Crippen molar-refractivity contribution >= 4 is 39.9 Å². The number of benzene rings is 4. The number of nitriles is 1. The van der Waals surface area contributed by atoms with E-state index in [1.54, 1.807) is 41.8 Å². The first-order valence-corrected chi connectivity index (χ1v) is 16.6. The zero-order valence-corrected chi connectivity index (χ0v) is 27.6. The van der Waals surface area contributed by atoms with Gasteiger partial charge in [-0.15, -0.1) is 0 Å². The maximum Gasteiger partial charge on any atom is 0.271 e. The molecule has 0 bridgehead atoms. The minimum absolute atomic E-state index is 0.0391. The highest BCUT2D eigenvalue weighted by molar-refractivity contribution is 7.07. The van der Waals surface area contributed by atoms with Crippen LogP contribution in [0.4, 0.5) is 5.69 Å². The van der Waals surface area contributed by atoms with E-state index in [1.807, 2.05) is 79.9 Å². The number of amides is 1. The normalized spacial score (nSPS) is 14.3. The van der Waals surface area contributed by atoms with Crippen LogP contribution >= 0.6 is 11.3 Å². The van der Waals surface area contributed by atoms with Crippen molar-refractivity contribution in [2.24, 2.45) is 4.99 Å². The van der Waals surface area contributed by atoms with Crippen LogP contribution in [0.2, 0.25) is 0 Å². The van der Waals surface area contributed by atoms with Crippen molar-refractivity contribution in [2.45, 2.75) is 26.4 Å². The number of anilines is 1. The molecule has 1 aliphatic rings. The number of para-hydroxylation sites is 2. The molecule has 1 aliphatic heterocycles. The summed E-state index contributed by atoms with van der Waals surface area (Å²) in [5.41, 5.74) is 5.00. The summed E-state index contributed by atoms with van der Waals surface area (Å²) in [6.45, 7) is 4.39. The van der Waals surface area contributed by atoms with E-state index in [2.05, 4.69) is 16.0 Å². The van der Waals surface area contributed by atoms with Gasteiger partial charge in [0.05, 0.1) is 40.1 Å². The summed E-state index contributed by atoms with van der Waals surface area (Å²) in [6.07, 6.45) is 3.86. The number of carbonyl (C=O) groups is 1. The van der Waals surface area contributed by atoms with E-state index in [-0.39, 0.29) is 17.1 Å². The van der Waals surface area contributed by atoms with E-state index in [0.717, 1.165) is 22.0 Å². The van der Waals surface area contributed by atoms with Crippen LogP contribution in [0.3, 0.4) is 0 Å². The van der Waals surface area contributed by atoms with Gasteiger partial charge >= 0.3 is 0 Å². The lowest BCUT2D eigenvalue weighted by Crippen LogP contribution is -2.40. The number of phenolic OH excluding ortho intramolecular Hbond substituents is 1. The third-order valence-electron chi connectivity index (χ3n) is 8.48. The van der Waals surface area contributed by atoms with Gasteiger partial charge in [-0.25, -0.2) is 4.99 Å². The van der Waals surface area contributed by atoms with Gasteiger partial charge in [-0.05, 0) is 67.4 Å². The molecule has 0 fully saturated rings. The van der Waals surface area contributed by atoms with E-state index < -0.39 is 11.9 Å². The van der Waals surface area contributed by atoms with Crippen LogP contribution < -0.4 is 24.9 Å². The van der Waals surface area contributed by atoms with Crippen LogP contribution in [-0.4, -0.2) is 26.8 Å². The van der Waals surface area contributed by atoms with E-state index in [0.29, 0.717) is 50.6 Å². The number of aromatic hydroxyl groups is 1. The first kappa shape index (κ1) is 31.4. The Morgan fingerprint density at radius 3 is 2.61 bits per heavy atom. The molecule has 6 aromatic rings. The zero-order chi connectivity index (χ0) is 34.1. The quantitative estimate of drug-likeness (QED) is 0.211. The van der Waals surface area contributed by atoms with Crippen molar-refractivity contribution in [2.75, 3.05) is 11.9 Å². The molecule has 0 saturated carbocycles. The number of phenols is 1. The molecule has 3 heterocycles. The third kappa shape index (κ3) is 5.92. The molecule has 4 aromatic carbocycles. The summed E-state index contributed by atoms with van der Waals surface area (Å²) in [5, 5.41) is 24.1. The van der Waals surface area contributed by atoms with Gasteiger partial charge in [-0.1, -0.05) is 72.0 Å². The topological polar surface area (TPSA) is 122 Å². The molecule has 0 unspecified atom stereocenters. The number of thiazole rings is 1. The molecule has 2 N–H and O–H groups in total. The van der Waals surface area contributed by atoms with Crippen LogP contribution in [0, 0.1) is 11.3 Å². The van der Waals surface area contributed by atoms with Crippen LogP contribution in [0.1, 0.15) is 42.1 Å². The minimum Gasteiger partial charge on any atom is -0.504 e. The number of hydrogen-bond donors (Lipinski definition) is 2. The Balaban J connectivity index is 1.38. The monoisotopic (exact) mass is 665 g/mol. The number of rotatable bonds is 8. The molecule has 2 aromatic heterocycles. The molecular weight excluding hydrogens is 635 g/mol. The summed E-state index contributed by atoms with van der Waals surface area (Å²) in [5.74, 6) is -0.174. The predicted molar refractivity (Wildman–Crippen MR) is 190 cm³/mol. The molecular formula is C39H31N5O4S. The second-order valence-electron chi connectivity index (χ2n) is 11.6. The molecule has 10 heteroatoms. The maximum atomic E-state index is 14.4. The average molecular weight is 666 g/mol. The molecule has 49 heavy (non-hydrogen) atoms. The Morgan fingerprint density at radius 2 is 1.82 bits per heavy atom. The smallest absolute Gasteiger partial charge is 0.271 e. The van der Waals surface area contributed by atoms with Gasteiger partial charge in [-0.3, -0.25) is 14.2 Å². The van der Waals surface area contributed by atoms with Gasteiger partial charge in [0.1, 0.15) is 0 Å². The molecule has 1 atom stereocenters. The van der Waals surface area contributed by atoms with Gasteiger partial charge in [0.25, 0.3) is 11.5 Å². The fourth-order valence-corrected chi connectivity index (χ4v) is 7.27. The Morgan fingerprint density at radius 1 is 1.06 bits per heavy atom. The van der Waals surface area contributed by atoms with E-state index >= 15 is 0 Å². The molecule has 0 radical (unpaired) electrons. The van der Waals surface area contributed by atoms with Gasteiger partial charge < -0.3 is 19.7 Å². The zero-order valence-electron chi connectivity index (χ0n) is 26.8. The Hall–Kier alpha value is -6.18. The molecule has 9 nitrogen and oxygen atoms in total. The molecule has 7 rings (SSSR count). The lowest BCUT2D eigenvalue weighted by Gasteiger charge is -2.26. The number of fused-ring (bicyclic) bond motifs is 2. The predicted octanol–water partition coefficient (Wildman–Crippen LogP) is 5.85. The number of nitrogens with zero attached hydrogens (tertiary/aromatic N) is 4. The average Bonchev–Trinajstić information content (AvgIpc) is 3.61. The van der Waals surface area contributed by atoms with Gasteiger partial charge in [-0.2, -0.15) is 5.26 Å². The Bertz CT molecular complexity index is 2500. The molecule has 1 amide bonds. The summed E-state index contributed by atoms with van der Waals surface area (Å²) in [4.78, 5) is 33.6. The molecule has 242 valence electrons. The summed E-state index contributed by atoms with van der Waals surface area (Å²) in [7, 11) is 0. The number of ether oxygens (including phenoxy) is 1. The van der Waals surface area contributed by atoms with Crippen molar-refractivity contribution < 1.29 is 14.6 Å². The van der Waals surface area contributed by atoms with Gasteiger partial charge in [0.15, 0.2) is 16.3 Å². The number of allylic oxidation sites excluding steroid dienone is 1. The highest BCUT2D eigenvalue weighted by atomic mass is 32.1. The van der Waals surface area contributed by atoms with E-state index in [4.69, 9.17) is 9.73 Å². The number of carbonyl (C=O) groups excluding carboxylic acids is 1. The minimum atomic E-state index is -0.842. The first-order valence-electron chi connectivity index (χ1n) is 15.8. The van der Waals surface area contributed by atoms with Crippen molar-refractivity contribution in [1.29, 1.82) is 5.26 Å². The van der Waals surface area contributed by atoms with Crippen molar-refractivity contribution in [1.82, 2.24) is 9.13 Å². The fraction of sp³-hybridized carbons (Fsp3) is 0.128. The lowest BCUT2D eigenvalue weighted by molar-refractivity contribution is -0.113. The summed E-state index contributed by atoms with van der Waals surface area (Å²) in [6, 6.07) is 30.9. The van der Waals surface area contributed by atoms with Crippen LogP contribution in [0.5, 0.6) is 11.5 Å². The van der Waals surface area contributed by atoms with Crippen LogP contribution in [0.25, 0.3) is 17.0 Å². The van der Waals surface area contributed by atoms with E-state index in [9.17, 15) is 20.0 Å². The Kier molecular flexibility index (Phi) is 8.43. The molecule has 0 saturated heterocycles.